The van der Waals surface area contributed by atoms with Gasteiger partial charge in [-0.25, -0.2) is 8.78 Å². The minimum absolute atomic E-state index is 0.0759. The fourth-order valence-corrected chi connectivity index (χ4v) is 8.69. The Balaban J connectivity index is 1.56. The Labute approximate surface area is 379 Å². The summed E-state index contributed by atoms with van der Waals surface area (Å²) in [5.74, 6) is -5.87. The maximum absolute atomic E-state index is 15.1. The number of Topliss-reactive ketones (excluding diaryl/α,β-unsaturated/α-hetero) is 1. The van der Waals surface area contributed by atoms with Crippen LogP contribution in [-0.4, -0.2) is 98.6 Å². The number of ketones is 1. The van der Waals surface area contributed by atoms with E-state index in [0.717, 1.165) is 24.3 Å². The lowest BCUT2D eigenvalue weighted by Gasteiger charge is -2.29. The Kier molecular flexibility index (Phi) is 13.6. The number of amides is 3. The van der Waals surface area contributed by atoms with Crippen LogP contribution in [0.25, 0.3) is 33.2 Å². The summed E-state index contributed by atoms with van der Waals surface area (Å²) >= 11 is 0. The third kappa shape index (κ3) is 10.5. The van der Waals surface area contributed by atoms with Crippen molar-refractivity contribution in [2.45, 2.75) is 143 Å². The lowest BCUT2D eigenvalue weighted by atomic mass is 9.90. The molecule has 3 N–H and O–H groups in total. The molecule has 8 atom stereocenters. The van der Waals surface area contributed by atoms with Gasteiger partial charge in [0.15, 0.2) is 0 Å². The third-order valence-corrected chi connectivity index (χ3v) is 12.7. The Hall–Kier alpha value is -5.60. The Morgan fingerprint density at radius 1 is 0.719 bits per heavy atom. The summed E-state index contributed by atoms with van der Waals surface area (Å²) in [5, 5.41) is 3.12. The number of H-pyrrole nitrogens is 2. The number of carbonyl (C=O) groups is 6. The molecule has 2 fully saturated rings. The standard InChI is InChI=1S/C49H63F2N5O8/c1-9-26(5)44(59)17-30(11-3)48(61)55-24-35(63-28(7)57)20-33(55)22-39-37-15-13-31(50)18-42(37)52-45(39)46-40(38-16-14-32(51)19-43(38)53-46)23-34-21-36(64-29(8)58)25-56(34)49(62)41(12-4)54-47(60)27(6)10-2/h13-16,18-19,26-27,30,33-36,41,52-53H,9-12,17,20-25H2,1-8H3,(H,54,60)/t26-,27-,30-,33+,34+,35+,36+,41+/m1/s1/i22D2,23D2. The van der Waals surface area contributed by atoms with E-state index < -0.39 is 90.3 Å². The van der Waals surface area contributed by atoms with Crippen molar-refractivity contribution in [3.05, 3.63) is 59.2 Å². The minimum Gasteiger partial charge on any atom is -0.461 e. The molecule has 0 saturated carbocycles. The van der Waals surface area contributed by atoms with Crippen LogP contribution in [0.5, 0.6) is 0 Å². The van der Waals surface area contributed by atoms with Gasteiger partial charge in [0.25, 0.3) is 0 Å². The second-order valence-corrected chi connectivity index (χ2v) is 17.2. The molecule has 346 valence electrons. The Bertz CT molecular complexity index is 2410. The van der Waals surface area contributed by atoms with Crippen LogP contribution in [0.4, 0.5) is 8.78 Å². The zero-order valence-corrected chi connectivity index (χ0v) is 37.9. The summed E-state index contributed by atoms with van der Waals surface area (Å²) in [5.41, 5.74) is -0.214. The van der Waals surface area contributed by atoms with E-state index in [-0.39, 0.29) is 107 Å². The number of benzene rings is 2. The molecule has 0 unspecified atom stereocenters. The van der Waals surface area contributed by atoms with Crippen molar-refractivity contribution in [2.24, 2.45) is 17.8 Å². The van der Waals surface area contributed by atoms with Gasteiger partial charge >= 0.3 is 11.9 Å². The first-order chi connectivity index (χ1) is 32.0. The number of likely N-dealkylation sites (tertiary alicyclic amines) is 2. The van der Waals surface area contributed by atoms with Gasteiger partial charge in [-0.2, -0.15) is 0 Å². The molecule has 2 aliphatic rings. The first-order valence-corrected chi connectivity index (χ1v) is 22.4. The lowest BCUT2D eigenvalue weighted by Crippen LogP contribution is -2.51. The SMILES string of the molecule is [2H]C([2H])(c1c(-c2[nH]c3cc(F)ccc3c2C([2H])([2H])[C@@H]2C[C@H](OC(C)=O)CN2C(=O)[C@H](CC)NC(=O)[C@H](C)CC)[nH]c2cc(F)ccc12)[C@@H]1C[C@H](OC(C)=O)CN1C(=O)[C@H](CC)CC(=O)[C@H](C)CC. The number of aromatic amines is 2. The van der Waals surface area contributed by atoms with E-state index in [4.69, 9.17) is 9.47 Å². The second-order valence-electron chi connectivity index (χ2n) is 17.2. The van der Waals surface area contributed by atoms with E-state index in [9.17, 15) is 34.3 Å². The monoisotopic (exact) mass is 891 g/mol. The van der Waals surface area contributed by atoms with Crippen molar-refractivity contribution in [1.82, 2.24) is 25.1 Å². The molecule has 0 radical (unpaired) electrons. The molecule has 15 heteroatoms. The van der Waals surface area contributed by atoms with Gasteiger partial charge in [-0.15, -0.1) is 0 Å². The van der Waals surface area contributed by atoms with Gasteiger partial charge in [0.2, 0.25) is 17.7 Å². The van der Waals surface area contributed by atoms with Crippen molar-refractivity contribution in [3.8, 4) is 11.4 Å². The van der Waals surface area contributed by atoms with Gasteiger partial charge in [-0.1, -0.05) is 41.5 Å². The van der Waals surface area contributed by atoms with Crippen molar-refractivity contribution in [1.29, 1.82) is 0 Å². The number of hydrogen-bond donors (Lipinski definition) is 3. The normalized spacial score (nSPS) is 22.0. The summed E-state index contributed by atoms with van der Waals surface area (Å²) in [6.07, 6.45) is -6.09. The third-order valence-electron chi connectivity index (χ3n) is 12.7. The summed E-state index contributed by atoms with van der Waals surface area (Å²) in [6, 6.07) is 3.46. The molecule has 13 nitrogen and oxygen atoms in total. The predicted octanol–water partition coefficient (Wildman–Crippen LogP) is 7.72. The zero-order valence-electron chi connectivity index (χ0n) is 41.9. The molecule has 2 aliphatic heterocycles. The highest BCUT2D eigenvalue weighted by Gasteiger charge is 2.43. The zero-order chi connectivity index (χ0) is 50.2. The number of hydrogen-bond acceptors (Lipinski definition) is 8. The summed E-state index contributed by atoms with van der Waals surface area (Å²) < 4.78 is 81.8. The van der Waals surface area contributed by atoms with Crippen LogP contribution in [0.3, 0.4) is 0 Å². The van der Waals surface area contributed by atoms with E-state index in [0.29, 0.717) is 12.8 Å². The van der Waals surface area contributed by atoms with Crippen LogP contribution in [-0.2, 0) is 51.0 Å². The summed E-state index contributed by atoms with van der Waals surface area (Å²) in [6.45, 7) is 12.6. The molecule has 0 bridgehead atoms. The molecule has 3 amide bonds. The Morgan fingerprint density at radius 3 is 1.61 bits per heavy atom. The molecule has 4 heterocycles. The molecule has 4 aromatic rings. The Morgan fingerprint density at radius 2 is 1.19 bits per heavy atom. The number of nitrogens with one attached hydrogen (secondary N) is 3. The molecule has 0 aliphatic carbocycles. The number of halogens is 2. The van der Waals surface area contributed by atoms with Crippen LogP contribution in [0.15, 0.2) is 36.4 Å². The highest BCUT2D eigenvalue weighted by atomic mass is 19.1. The fraction of sp³-hybridized carbons (Fsp3) is 0.551. The number of carbonyl (C=O) groups excluding carboxylic acids is 6. The highest BCUT2D eigenvalue weighted by molar-refractivity contribution is 5.97. The first-order valence-electron chi connectivity index (χ1n) is 24.4. The molecule has 2 saturated heterocycles. The topological polar surface area (TPSA) is 171 Å². The van der Waals surface area contributed by atoms with Gasteiger partial charge in [-0.3, -0.25) is 28.8 Å². The lowest BCUT2D eigenvalue weighted by molar-refractivity contribution is -0.147. The number of fused-ring (bicyclic) bond motifs is 2. The predicted molar refractivity (Wildman–Crippen MR) is 239 cm³/mol. The molecular weight excluding hydrogens is 825 g/mol. The molecule has 64 heavy (non-hydrogen) atoms. The van der Waals surface area contributed by atoms with E-state index >= 15 is 8.78 Å². The van der Waals surface area contributed by atoms with Crippen LogP contribution < -0.4 is 5.32 Å². The van der Waals surface area contributed by atoms with Gasteiger partial charge in [0, 0.05) is 90.2 Å². The van der Waals surface area contributed by atoms with E-state index in [1.54, 1.807) is 27.7 Å². The molecule has 6 rings (SSSR count). The number of esters is 2. The van der Waals surface area contributed by atoms with E-state index in [1.165, 1.54) is 35.8 Å². The molecule has 0 spiro atoms. The van der Waals surface area contributed by atoms with Gasteiger partial charge in [0.05, 0.1) is 24.5 Å². The van der Waals surface area contributed by atoms with Gasteiger partial charge in [-0.05, 0) is 86.0 Å². The number of rotatable bonds is 18. The summed E-state index contributed by atoms with van der Waals surface area (Å²) in [7, 11) is 0. The van der Waals surface area contributed by atoms with Gasteiger partial charge in [0.1, 0.15) is 35.7 Å². The highest BCUT2D eigenvalue weighted by Crippen LogP contribution is 2.40. The largest absolute Gasteiger partial charge is 0.461 e. The van der Waals surface area contributed by atoms with E-state index in [2.05, 4.69) is 15.3 Å². The van der Waals surface area contributed by atoms with Crippen LogP contribution in [0.2, 0.25) is 0 Å². The minimum atomic E-state index is -2.62. The average Bonchev–Trinajstić information content (AvgIpc) is 4.08. The number of nitrogens with zero attached hydrogens (tertiary/aromatic N) is 2. The van der Waals surface area contributed by atoms with Crippen LogP contribution in [0.1, 0.15) is 117 Å². The average molecular weight is 892 g/mol. The maximum Gasteiger partial charge on any atom is 0.302 e. The van der Waals surface area contributed by atoms with Crippen LogP contribution in [0, 0.1) is 29.4 Å². The van der Waals surface area contributed by atoms with Crippen molar-refractivity contribution in [2.75, 3.05) is 13.1 Å². The van der Waals surface area contributed by atoms with Crippen LogP contribution >= 0.6 is 0 Å². The number of ether oxygens (including phenoxy) is 2. The number of aromatic nitrogens is 2. The second kappa shape index (κ2) is 20.5. The molecule has 2 aromatic carbocycles. The maximum atomic E-state index is 15.1. The quantitative estimate of drug-likeness (QED) is 0.0853. The van der Waals surface area contributed by atoms with Crippen molar-refractivity contribution >= 4 is 57.2 Å². The van der Waals surface area contributed by atoms with Crippen molar-refractivity contribution < 1.29 is 52.5 Å². The first kappa shape index (κ1) is 42.4. The molecular formula is C49H63F2N5O8. The smallest absolute Gasteiger partial charge is 0.302 e. The van der Waals surface area contributed by atoms with E-state index in [1.807, 2.05) is 13.8 Å². The fourth-order valence-electron chi connectivity index (χ4n) is 8.69. The van der Waals surface area contributed by atoms with Crippen molar-refractivity contribution in [3.63, 3.8) is 0 Å². The van der Waals surface area contributed by atoms with Gasteiger partial charge < -0.3 is 34.6 Å². The summed E-state index contributed by atoms with van der Waals surface area (Å²) in [4.78, 5) is 88.9. The molecule has 2 aromatic heterocycles.